The predicted molar refractivity (Wildman–Crippen MR) is 82.0 cm³/mol. The van der Waals surface area contributed by atoms with Crippen LogP contribution in [0.2, 0.25) is 0 Å². The fourth-order valence-electron chi connectivity index (χ4n) is 3.34. The maximum atomic E-state index is 5.51. The van der Waals surface area contributed by atoms with Crippen LogP contribution in [0.25, 0.3) is 11.0 Å². The van der Waals surface area contributed by atoms with E-state index >= 15 is 0 Å². The lowest BCUT2D eigenvalue weighted by atomic mass is 9.96. The Morgan fingerprint density at radius 1 is 1.26 bits per heavy atom. The molecule has 3 nitrogen and oxygen atoms in total. The molecule has 0 radical (unpaired) electrons. The van der Waals surface area contributed by atoms with Crippen molar-refractivity contribution in [1.82, 2.24) is 14.5 Å². The third-order valence-corrected chi connectivity index (χ3v) is 4.94. The van der Waals surface area contributed by atoms with Gasteiger partial charge in [0.2, 0.25) is 0 Å². The smallest absolute Gasteiger partial charge is 0.178 e. The van der Waals surface area contributed by atoms with Gasteiger partial charge in [-0.15, -0.1) is 0 Å². The van der Waals surface area contributed by atoms with E-state index in [2.05, 4.69) is 52.8 Å². The topological polar surface area (TPSA) is 24.0 Å². The van der Waals surface area contributed by atoms with Gasteiger partial charge in [-0.25, -0.2) is 0 Å². The molecule has 1 aromatic heterocycles. The minimum atomic E-state index is 0.267. The average Bonchev–Trinajstić information content (AvgIpc) is 2.97. The molecule has 19 heavy (non-hydrogen) atoms. The molecule has 0 spiro atoms. The number of rotatable bonds is 3. The van der Waals surface area contributed by atoms with Gasteiger partial charge in [-0.1, -0.05) is 25.0 Å². The first-order valence-corrected chi connectivity index (χ1v) is 7.38. The van der Waals surface area contributed by atoms with Crippen molar-refractivity contribution >= 4 is 23.3 Å². The number of aromatic nitrogens is 2. The van der Waals surface area contributed by atoms with Crippen molar-refractivity contribution in [3.63, 3.8) is 0 Å². The highest BCUT2D eigenvalue weighted by Gasteiger charge is 2.36. The van der Waals surface area contributed by atoms with Gasteiger partial charge >= 0.3 is 0 Å². The number of hydrogen-bond donors (Lipinski definition) is 1. The van der Waals surface area contributed by atoms with Crippen LogP contribution in [0.15, 0.2) is 24.3 Å². The van der Waals surface area contributed by atoms with Gasteiger partial charge in [0.25, 0.3) is 0 Å². The van der Waals surface area contributed by atoms with Crippen molar-refractivity contribution in [3.05, 3.63) is 29.0 Å². The minimum absolute atomic E-state index is 0.267. The molecule has 0 bridgehead atoms. The van der Waals surface area contributed by atoms with E-state index in [9.17, 15) is 0 Å². The number of likely N-dealkylation sites (N-methyl/N-ethyl adjacent to an activating group) is 1. The van der Waals surface area contributed by atoms with Gasteiger partial charge in [0.15, 0.2) is 4.77 Å². The second-order valence-corrected chi connectivity index (χ2v) is 6.25. The quantitative estimate of drug-likeness (QED) is 0.866. The highest BCUT2D eigenvalue weighted by atomic mass is 32.1. The number of fused-ring (bicyclic) bond motifs is 1. The van der Waals surface area contributed by atoms with Crippen molar-refractivity contribution in [2.75, 3.05) is 14.1 Å². The van der Waals surface area contributed by atoms with Crippen LogP contribution in [0.4, 0.5) is 0 Å². The molecule has 0 aliphatic heterocycles. The van der Waals surface area contributed by atoms with E-state index in [1.807, 2.05) is 0 Å². The number of nitrogens with zero attached hydrogens (tertiary/aromatic N) is 2. The number of H-pyrrole nitrogens is 1. The summed E-state index contributed by atoms with van der Waals surface area (Å²) in [6, 6.07) is 8.38. The molecule has 1 aromatic carbocycles. The molecule has 2 aromatic rings. The lowest BCUT2D eigenvalue weighted by molar-refractivity contribution is 0.135. The van der Waals surface area contributed by atoms with Crippen LogP contribution in [0, 0.1) is 4.77 Å². The van der Waals surface area contributed by atoms with E-state index in [0.717, 1.165) is 16.8 Å². The Labute approximate surface area is 119 Å². The number of aromatic amines is 1. The lowest BCUT2D eigenvalue weighted by Crippen LogP contribution is -2.45. The van der Waals surface area contributed by atoms with Gasteiger partial charge < -0.3 is 14.5 Å². The van der Waals surface area contributed by atoms with Crippen LogP contribution < -0.4 is 0 Å². The van der Waals surface area contributed by atoms with Crippen molar-refractivity contribution < 1.29 is 0 Å². The van der Waals surface area contributed by atoms with Gasteiger partial charge in [0.1, 0.15) is 0 Å². The summed E-state index contributed by atoms with van der Waals surface area (Å²) in [4.78, 5) is 5.71. The Balaban J connectivity index is 2.05. The van der Waals surface area contributed by atoms with E-state index in [1.165, 1.54) is 31.2 Å². The average molecular weight is 275 g/mol. The molecular weight excluding hydrogens is 254 g/mol. The van der Waals surface area contributed by atoms with Crippen molar-refractivity contribution in [2.24, 2.45) is 0 Å². The molecule has 0 atom stereocenters. The van der Waals surface area contributed by atoms with E-state index < -0.39 is 0 Å². The molecule has 1 N–H and O–H groups in total. The number of nitrogens with one attached hydrogen (secondary N) is 1. The first-order chi connectivity index (χ1) is 9.12. The molecule has 1 saturated carbocycles. The zero-order chi connectivity index (χ0) is 13.5. The number of para-hydroxylation sites is 2. The zero-order valence-corrected chi connectivity index (χ0v) is 12.5. The summed E-state index contributed by atoms with van der Waals surface area (Å²) in [6.45, 7) is 0.989. The summed E-state index contributed by atoms with van der Waals surface area (Å²) in [6.07, 6.45) is 5.18. The van der Waals surface area contributed by atoms with Gasteiger partial charge in [0.05, 0.1) is 11.0 Å². The molecule has 1 heterocycles. The molecule has 0 amide bonds. The van der Waals surface area contributed by atoms with E-state index in [0.29, 0.717) is 0 Å². The fraction of sp³-hybridized carbons (Fsp3) is 0.533. The summed E-state index contributed by atoms with van der Waals surface area (Å²) in [5.41, 5.74) is 2.63. The highest BCUT2D eigenvalue weighted by Crippen LogP contribution is 2.36. The summed E-state index contributed by atoms with van der Waals surface area (Å²) in [5, 5.41) is 0. The van der Waals surface area contributed by atoms with Gasteiger partial charge in [-0.3, -0.25) is 0 Å². The standard InChI is InChI=1S/C15H21N3S/c1-17(2)15(9-5-6-10-15)11-18-13-8-4-3-7-12(13)16-14(18)19/h3-4,7-8H,5-6,9-11H2,1-2H3,(H,16,19). The first kappa shape index (κ1) is 12.9. The maximum absolute atomic E-state index is 5.51. The molecule has 0 unspecified atom stereocenters. The molecule has 0 saturated heterocycles. The molecular formula is C15H21N3S. The van der Waals surface area contributed by atoms with Crippen LogP contribution in [0.5, 0.6) is 0 Å². The van der Waals surface area contributed by atoms with Crippen LogP contribution in [0.1, 0.15) is 25.7 Å². The van der Waals surface area contributed by atoms with Crippen molar-refractivity contribution in [1.29, 1.82) is 0 Å². The van der Waals surface area contributed by atoms with Gasteiger partial charge in [-0.2, -0.15) is 0 Å². The number of imidazole rings is 1. The fourth-order valence-corrected chi connectivity index (χ4v) is 3.61. The third kappa shape index (κ3) is 2.13. The van der Waals surface area contributed by atoms with Gasteiger partial charge in [-0.05, 0) is 51.3 Å². The second kappa shape index (κ2) is 4.76. The Hall–Kier alpha value is -1.13. The summed E-state index contributed by atoms with van der Waals surface area (Å²) in [5.74, 6) is 0. The Morgan fingerprint density at radius 3 is 2.63 bits per heavy atom. The monoisotopic (exact) mass is 275 g/mol. The van der Waals surface area contributed by atoms with Crippen molar-refractivity contribution in [2.45, 2.75) is 37.8 Å². The molecule has 1 aliphatic rings. The summed E-state index contributed by atoms with van der Waals surface area (Å²) >= 11 is 5.51. The van der Waals surface area contributed by atoms with E-state index in [1.54, 1.807) is 0 Å². The van der Waals surface area contributed by atoms with E-state index in [4.69, 9.17) is 12.2 Å². The van der Waals surface area contributed by atoms with Crippen LogP contribution in [-0.2, 0) is 6.54 Å². The Morgan fingerprint density at radius 2 is 1.95 bits per heavy atom. The van der Waals surface area contributed by atoms with Gasteiger partial charge in [0, 0.05) is 12.1 Å². The summed E-state index contributed by atoms with van der Waals surface area (Å²) in [7, 11) is 4.40. The van der Waals surface area contributed by atoms with E-state index in [-0.39, 0.29) is 5.54 Å². The minimum Gasteiger partial charge on any atom is -0.331 e. The Kier molecular flexibility index (Phi) is 3.23. The third-order valence-electron chi connectivity index (χ3n) is 4.62. The predicted octanol–water partition coefficient (Wildman–Crippen LogP) is 3.57. The molecule has 1 aliphatic carbocycles. The zero-order valence-electron chi connectivity index (χ0n) is 11.6. The molecule has 3 rings (SSSR count). The summed E-state index contributed by atoms with van der Waals surface area (Å²) < 4.78 is 3.12. The van der Waals surface area contributed by atoms with Crippen LogP contribution >= 0.6 is 12.2 Å². The van der Waals surface area contributed by atoms with Crippen LogP contribution in [-0.4, -0.2) is 34.1 Å². The first-order valence-electron chi connectivity index (χ1n) is 6.97. The molecule has 4 heteroatoms. The molecule has 1 fully saturated rings. The second-order valence-electron chi connectivity index (χ2n) is 5.86. The van der Waals surface area contributed by atoms with Crippen molar-refractivity contribution in [3.8, 4) is 0 Å². The maximum Gasteiger partial charge on any atom is 0.178 e. The SMILES string of the molecule is CN(C)C1(Cn2c(=S)[nH]c3ccccc32)CCCC1. The lowest BCUT2D eigenvalue weighted by Gasteiger charge is -2.36. The molecule has 102 valence electrons. The van der Waals surface area contributed by atoms with Crippen LogP contribution in [0.3, 0.4) is 0 Å². The Bertz CT molecular complexity index is 632. The number of hydrogen-bond acceptors (Lipinski definition) is 2. The highest BCUT2D eigenvalue weighted by molar-refractivity contribution is 7.71. The number of benzene rings is 1. The normalized spacial score (nSPS) is 18.5. The largest absolute Gasteiger partial charge is 0.331 e.